The fourth-order valence-corrected chi connectivity index (χ4v) is 4.18. The van der Waals surface area contributed by atoms with E-state index in [0.29, 0.717) is 16.6 Å². The van der Waals surface area contributed by atoms with Crippen molar-refractivity contribution in [3.05, 3.63) is 51.6 Å². The van der Waals surface area contributed by atoms with Crippen LogP contribution in [0.2, 0.25) is 10.0 Å². The lowest BCUT2D eigenvalue weighted by Crippen LogP contribution is -2.33. The maximum atomic E-state index is 12.8. The van der Waals surface area contributed by atoms with Gasteiger partial charge in [-0.25, -0.2) is 13.4 Å². The second-order valence-electron chi connectivity index (χ2n) is 7.09. The van der Waals surface area contributed by atoms with Gasteiger partial charge in [0.15, 0.2) is 0 Å². The molecule has 1 N–H and O–H groups in total. The molecular formula is C19H21Cl2N3O3S. The minimum Gasteiger partial charge on any atom is -0.322 e. The minimum absolute atomic E-state index is 0.119. The molecule has 28 heavy (non-hydrogen) atoms. The number of hydrogen-bond donors (Lipinski definition) is 1. The smallest absolute Gasteiger partial charge is 0.257 e. The van der Waals surface area contributed by atoms with Crippen molar-refractivity contribution in [3.8, 4) is 0 Å². The number of pyridine rings is 1. The van der Waals surface area contributed by atoms with E-state index < -0.39 is 21.2 Å². The lowest BCUT2D eigenvalue weighted by Gasteiger charge is -2.21. The highest BCUT2D eigenvalue weighted by molar-refractivity contribution is 7.93. The Morgan fingerprint density at radius 1 is 1.21 bits per heavy atom. The summed E-state index contributed by atoms with van der Waals surface area (Å²) in [5, 5.41) is 2.83. The first kappa shape index (κ1) is 20.9. The first-order chi connectivity index (χ1) is 13.1. The summed E-state index contributed by atoms with van der Waals surface area (Å²) < 4.78 is 25.8. The minimum atomic E-state index is -3.58. The Kier molecular flexibility index (Phi) is 5.89. The Hall–Kier alpha value is -1.83. The zero-order valence-corrected chi connectivity index (χ0v) is 18.1. The van der Waals surface area contributed by atoms with Crippen LogP contribution in [0.15, 0.2) is 30.5 Å². The van der Waals surface area contributed by atoms with Gasteiger partial charge in [0.2, 0.25) is 10.0 Å². The van der Waals surface area contributed by atoms with Crippen molar-refractivity contribution in [1.29, 1.82) is 0 Å². The molecule has 1 aromatic carbocycles. The maximum Gasteiger partial charge on any atom is 0.257 e. The van der Waals surface area contributed by atoms with Gasteiger partial charge in [-0.1, -0.05) is 23.2 Å². The molecule has 1 aliphatic carbocycles. The molecule has 1 fully saturated rings. The van der Waals surface area contributed by atoms with Crippen LogP contribution in [0.1, 0.15) is 48.5 Å². The molecule has 1 amide bonds. The van der Waals surface area contributed by atoms with Gasteiger partial charge in [-0.05, 0) is 62.4 Å². The molecule has 9 heteroatoms. The summed E-state index contributed by atoms with van der Waals surface area (Å²) in [6.07, 6.45) is 3.50. The molecule has 1 saturated carbocycles. The van der Waals surface area contributed by atoms with Crippen LogP contribution >= 0.6 is 23.2 Å². The number of hydrogen-bond acceptors (Lipinski definition) is 4. The van der Waals surface area contributed by atoms with Crippen molar-refractivity contribution in [2.75, 3.05) is 16.7 Å². The zero-order valence-electron chi connectivity index (χ0n) is 15.7. The van der Waals surface area contributed by atoms with Gasteiger partial charge >= 0.3 is 0 Å². The lowest BCUT2D eigenvalue weighted by molar-refractivity contribution is 0.102. The topological polar surface area (TPSA) is 79.4 Å². The van der Waals surface area contributed by atoms with Crippen molar-refractivity contribution in [3.63, 3.8) is 0 Å². The number of benzene rings is 1. The average Bonchev–Trinajstić information content (AvgIpc) is 3.46. The average molecular weight is 442 g/mol. The number of aromatic nitrogens is 1. The number of nitrogens with one attached hydrogen (secondary N) is 1. The summed E-state index contributed by atoms with van der Waals surface area (Å²) in [5.41, 5.74) is 1.79. The monoisotopic (exact) mass is 441 g/mol. The van der Waals surface area contributed by atoms with Crippen LogP contribution in [0, 0.1) is 0 Å². The summed E-state index contributed by atoms with van der Waals surface area (Å²) in [6.45, 7) is 3.15. The highest BCUT2D eigenvalue weighted by Crippen LogP contribution is 2.42. The molecule has 1 heterocycles. The summed E-state index contributed by atoms with van der Waals surface area (Å²) in [5.74, 6) is 0.140. The fourth-order valence-electron chi connectivity index (χ4n) is 2.76. The molecule has 0 aliphatic heterocycles. The van der Waals surface area contributed by atoms with Gasteiger partial charge in [-0.3, -0.25) is 9.10 Å². The van der Waals surface area contributed by atoms with Crippen LogP contribution < -0.4 is 9.62 Å². The van der Waals surface area contributed by atoms with E-state index in [9.17, 15) is 13.2 Å². The molecule has 0 saturated heterocycles. The summed E-state index contributed by atoms with van der Waals surface area (Å²) >= 11 is 12.3. The van der Waals surface area contributed by atoms with Crippen LogP contribution in [0.25, 0.3) is 0 Å². The molecule has 0 spiro atoms. The quantitative estimate of drug-likeness (QED) is 0.704. The Labute approximate surface area is 174 Å². The maximum absolute atomic E-state index is 12.8. The van der Waals surface area contributed by atoms with Gasteiger partial charge in [-0.2, -0.15) is 0 Å². The molecule has 6 nitrogen and oxygen atoms in total. The third kappa shape index (κ3) is 4.42. The van der Waals surface area contributed by atoms with E-state index in [2.05, 4.69) is 10.3 Å². The van der Waals surface area contributed by atoms with Gasteiger partial charge in [0.05, 0.1) is 15.8 Å². The van der Waals surface area contributed by atoms with Crippen LogP contribution in [-0.4, -0.2) is 31.6 Å². The Balaban J connectivity index is 1.88. The van der Waals surface area contributed by atoms with Crippen molar-refractivity contribution in [1.82, 2.24) is 4.98 Å². The first-order valence-electron chi connectivity index (χ1n) is 8.84. The number of rotatable bonds is 6. The molecule has 150 valence electrons. The molecule has 0 atom stereocenters. The SMILES string of the molecule is CC(C)S(=O)(=O)N(C)c1cc(C(=O)Nc2cc(Cl)cc(C3CC3)c2)c(Cl)cn1. The fraction of sp³-hybridized carbons (Fsp3) is 0.368. The predicted octanol–water partition coefficient (Wildman–Crippen LogP) is 4.69. The van der Waals surface area contributed by atoms with Gasteiger partial charge in [0.1, 0.15) is 5.82 Å². The summed E-state index contributed by atoms with van der Waals surface area (Å²) in [7, 11) is -2.18. The predicted molar refractivity (Wildman–Crippen MR) is 113 cm³/mol. The van der Waals surface area contributed by atoms with E-state index >= 15 is 0 Å². The third-order valence-electron chi connectivity index (χ3n) is 4.61. The van der Waals surface area contributed by atoms with E-state index in [1.54, 1.807) is 19.9 Å². The van der Waals surface area contributed by atoms with Crippen LogP contribution in [-0.2, 0) is 10.0 Å². The van der Waals surface area contributed by atoms with Crippen molar-refractivity contribution < 1.29 is 13.2 Å². The first-order valence-corrected chi connectivity index (χ1v) is 11.1. The van der Waals surface area contributed by atoms with Crippen molar-refractivity contribution in [2.24, 2.45) is 0 Å². The number of nitrogens with zero attached hydrogens (tertiary/aromatic N) is 2. The van der Waals surface area contributed by atoms with E-state index in [-0.39, 0.29) is 16.4 Å². The van der Waals surface area contributed by atoms with Crippen LogP contribution in [0.4, 0.5) is 11.5 Å². The van der Waals surface area contributed by atoms with E-state index in [4.69, 9.17) is 23.2 Å². The Morgan fingerprint density at radius 3 is 2.50 bits per heavy atom. The standard InChI is InChI=1S/C19H21Cl2N3O3S/c1-11(2)28(26,27)24(3)18-9-16(17(21)10-22-18)19(25)23-15-7-13(12-4-5-12)6-14(20)8-15/h6-12H,4-5H2,1-3H3,(H,23,25). The van der Waals surface area contributed by atoms with E-state index in [1.165, 1.54) is 19.3 Å². The number of carbonyl (C=O) groups excluding carboxylic acids is 1. The molecule has 0 unspecified atom stereocenters. The third-order valence-corrected chi connectivity index (χ3v) is 7.27. The second-order valence-corrected chi connectivity index (χ2v) is 10.4. The normalized spacial score (nSPS) is 14.2. The summed E-state index contributed by atoms with van der Waals surface area (Å²) in [4.78, 5) is 16.8. The lowest BCUT2D eigenvalue weighted by atomic mass is 10.1. The van der Waals surface area contributed by atoms with E-state index in [1.807, 2.05) is 12.1 Å². The molecule has 3 rings (SSSR count). The van der Waals surface area contributed by atoms with Gasteiger partial charge in [-0.15, -0.1) is 0 Å². The highest BCUT2D eigenvalue weighted by atomic mass is 35.5. The molecule has 1 aliphatic rings. The molecule has 2 aromatic rings. The number of anilines is 2. The number of halogens is 2. The zero-order chi connectivity index (χ0) is 20.6. The summed E-state index contributed by atoms with van der Waals surface area (Å²) in [6, 6.07) is 6.82. The van der Waals surface area contributed by atoms with Crippen molar-refractivity contribution >= 4 is 50.6 Å². The Morgan fingerprint density at radius 2 is 1.89 bits per heavy atom. The van der Waals surface area contributed by atoms with Crippen LogP contribution in [0.3, 0.4) is 0 Å². The molecule has 0 radical (unpaired) electrons. The van der Waals surface area contributed by atoms with E-state index in [0.717, 1.165) is 22.7 Å². The molecular weight excluding hydrogens is 421 g/mol. The molecule has 0 bridgehead atoms. The Bertz CT molecular complexity index is 1020. The largest absolute Gasteiger partial charge is 0.322 e. The number of sulfonamides is 1. The highest BCUT2D eigenvalue weighted by Gasteiger charge is 2.26. The number of carbonyl (C=O) groups is 1. The van der Waals surface area contributed by atoms with Gasteiger partial charge < -0.3 is 5.32 Å². The van der Waals surface area contributed by atoms with Crippen LogP contribution in [0.5, 0.6) is 0 Å². The van der Waals surface area contributed by atoms with Crippen molar-refractivity contribution in [2.45, 2.75) is 37.9 Å². The van der Waals surface area contributed by atoms with Gasteiger partial charge in [0.25, 0.3) is 5.91 Å². The number of amides is 1. The van der Waals surface area contributed by atoms with Gasteiger partial charge in [0, 0.05) is 24.0 Å². The molecule has 1 aromatic heterocycles. The second kappa shape index (κ2) is 7.89.